The first-order valence-electron chi connectivity index (χ1n) is 12.6. The summed E-state index contributed by atoms with van der Waals surface area (Å²) in [5, 5.41) is 1.29. The molecule has 33 heavy (non-hydrogen) atoms. The van der Waals surface area contributed by atoms with Gasteiger partial charge in [0, 0.05) is 50.3 Å². The van der Waals surface area contributed by atoms with E-state index in [2.05, 4.69) is 82.4 Å². The molecule has 3 fully saturated rings. The predicted molar refractivity (Wildman–Crippen MR) is 133 cm³/mol. The molecule has 1 aliphatic carbocycles. The molecular formula is C29H35N3O. The van der Waals surface area contributed by atoms with Gasteiger partial charge in [0.1, 0.15) is 0 Å². The minimum absolute atomic E-state index is 0.273. The molecule has 3 heterocycles. The van der Waals surface area contributed by atoms with Crippen LogP contribution in [0.1, 0.15) is 43.4 Å². The van der Waals surface area contributed by atoms with E-state index in [9.17, 15) is 0 Å². The van der Waals surface area contributed by atoms with Crippen LogP contribution in [0.25, 0.3) is 10.9 Å². The van der Waals surface area contributed by atoms with Crippen LogP contribution in [0.5, 0.6) is 0 Å². The van der Waals surface area contributed by atoms with Gasteiger partial charge in [-0.3, -0.25) is 14.8 Å². The number of hydrogen-bond acceptors (Lipinski definition) is 4. The van der Waals surface area contributed by atoms with Crippen molar-refractivity contribution in [2.75, 3.05) is 32.8 Å². The smallest absolute Gasteiger partial charge is 0.0828 e. The van der Waals surface area contributed by atoms with E-state index >= 15 is 0 Å². The topological polar surface area (TPSA) is 28.6 Å². The summed E-state index contributed by atoms with van der Waals surface area (Å²) in [6, 6.07) is 22.2. The maximum atomic E-state index is 6.40. The lowest BCUT2D eigenvalue weighted by Gasteiger charge is -2.40. The van der Waals surface area contributed by atoms with Gasteiger partial charge in [0.15, 0.2) is 0 Å². The largest absolute Gasteiger partial charge is 0.373 e. The van der Waals surface area contributed by atoms with Crippen molar-refractivity contribution in [3.63, 3.8) is 0 Å². The highest BCUT2D eigenvalue weighted by Crippen LogP contribution is 2.53. The number of hydrogen-bond donors (Lipinski definition) is 0. The SMILES string of the molecule is C[C@@]12CO[C@H](c3ccccc3)C[C@@H]1C[C@H](N1CCN(Cc3ccnc4ccccc34)CC1)C2. The highest BCUT2D eigenvalue weighted by Gasteiger charge is 2.49. The third kappa shape index (κ3) is 4.21. The average molecular weight is 442 g/mol. The van der Waals surface area contributed by atoms with E-state index in [0.717, 1.165) is 37.7 Å². The van der Waals surface area contributed by atoms with E-state index < -0.39 is 0 Å². The Labute approximate surface area is 197 Å². The third-order valence-corrected chi connectivity index (χ3v) is 8.58. The molecule has 2 aliphatic heterocycles. The van der Waals surface area contributed by atoms with Crippen LogP contribution in [-0.4, -0.2) is 53.6 Å². The van der Waals surface area contributed by atoms with Gasteiger partial charge in [-0.25, -0.2) is 0 Å². The van der Waals surface area contributed by atoms with Crippen LogP contribution < -0.4 is 0 Å². The first-order chi connectivity index (χ1) is 16.2. The standard InChI is InChI=1S/C29H35N3O/c1-29-19-25(17-24(29)18-28(33-21-29)22-7-3-2-4-8-22)32-15-13-31(14-16-32)20-23-11-12-30-27-10-6-5-9-26(23)27/h2-12,24-25,28H,13-21H2,1H3/t24-,25-,28-,29+/m0/s1. The molecule has 6 rings (SSSR count). The van der Waals surface area contributed by atoms with Gasteiger partial charge >= 0.3 is 0 Å². The van der Waals surface area contributed by atoms with Crippen LogP contribution in [0.4, 0.5) is 0 Å². The fraction of sp³-hybridized carbons (Fsp3) is 0.483. The Hall–Kier alpha value is -2.27. The van der Waals surface area contributed by atoms with Crippen LogP contribution in [0.2, 0.25) is 0 Å². The number of aromatic nitrogens is 1. The van der Waals surface area contributed by atoms with Gasteiger partial charge in [0.2, 0.25) is 0 Å². The fourth-order valence-electron chi connectivity index (χ4n) is 6.57. The van der Waals surface area contributed by atoms with Crippen LogP contribution >= 0.6 is 0 Å². The highest BCUT2D eigenvalue weighted by atomic mass is 16.5. The lowest BCUT2D eigenvalue weighted by molar-refractivity contribution is -0.0819. The zero-order valence-corrected chi connectivity index (χ0v) is 19.7. The highest BCUT2D eigenvalue weighted by molar-refractivity contribution is 5.81. The quantitative estimate of drug-likeness (QED) is 0.549. The Morgan fingerprint density at radius 2 is 1.73 bits per heavy atom. The molecule has 172 valence electrons. The summed E-state index contributed by atoms with van der Waals surface area (Å²) in [6.45, 7) is 9.06. The molecule has 0 bridgehead atoms. The summed E-state index contributed by atoms with van der Waals surface area (Å²) in [5.74, 6) is 0.766. The van der Waals surface area contributed by atoms with Gasteiger partial charge in [-0.1, -0.05) is 55.5 Å². The van der Waals surface area contributed by atoms with Crippen molar-refractivity contribution in [3.05, 3.63) is 78.0 Å². The minimum Gasteiger partial charge on any atom is -0.373 e. The molecule has 4 nitrogen and oxygen atoms in total. The summed E-state index contributed by atoms with van der Waals surface area (Å²) < 4.78 is 6.40. The van der Waals surface area contributed by atoms with Crippen molar-refractivity contribution in [1.82, 2.24) is 14.8 Å². The van der Waals surface area contributed by atoms with E-state index in [4.69, 9.17) is 4.74 Å². The maximum Gasteiger partial charge on any atom is 0.0828 e. The maximum absolute atomic E-state index is 6.40. The Bertz CT molecular complexity index is 1090. The van der Waals surface area contributed by atoms with Crippen molar-refractivity contribution >= 4 is 10.9 Å². The van der Waals surface area contributed by atoms with Gasteiger partial charge in [0.25, 0.3) is 0 Å². The number of ether oxygens (including phenoxy) is 1. The fourth-order valence-corrected chi connectivity index (χ4v) is 6.57. The number of rotatable bonds is 4. The van der Waals surface area contributed by atoms with E-state index in [1.807, 2.05) is 6.20 Å². The monoisotopic (exact) mass is 441 g/mol. The molecule has 0 N–H and O–H groups in total. The lowest BCUT2D eigenvalue weighted by Crippen LogP contribution is -2.49. The number of piperazine rings is 1. The van der Waals surface area contributed by atoms with Crippen molar-refractivity contribution in [3.8, 4) is 0 Å². The number of para-hydroxylation sites is 1. The Kier molecular flexibility index (Phi) is 5.69. The van der Waals surface area contributed by atoms with Gasteiger partial charge < -0.3 is 4.74 Å². The first kappa shape index (κ1) is 21.3. The second-order valence-corrected chi connectivity index (χ2v) is 10.7. The van der Waals surface area contributed by atoms with Crippen molar-refractivity contribution in [2.45, 2.75) is 44.9 Å². The van der Waals surface area contributed by atoms with Crippen molar-refractivity contribution in [2.24, 2.45) is 11.3 Å². The molecule has 3 aliphatic rings. The molecule has 0 radical (unpaired) electrons. The number of benzene rings is 2. The molecule has 1 saturated carbocycles. The lowest BCUT2D eigenvalue weighted by atomic mass is 9.75. The van der Waals surface area contributed by atoms with Crippen LogP contribution in [0, 0.1) is 11.3 Å². The molecule has 4 atom stereocenters. The van der Waals surface area contributed by atoms with Gasteiger partial charge in [-0.15, -0.1) is 0 Å². The molecule has 3 aromatic rings. The van der Waals surface area contributed by atoms with E-state index in [1.165, 1.54) is 48.9 Å². The Morgan fingerprint density at radius 3 is 2.58 bits per heavy atom. The zero-order valence-electron chi connectivity index (χ0n) is 19.7. The summed E-state index contributed by atoms with van der Waals surface area (Å²) in [7, 11) is 0. The number of fused-ring (bicyclic) bond motifs is 2. The van der Waals surface area contributed by atoms with Gasteiger partial charge in [-0.05, 0) is 53.9 Å². The molecule has 0 spiro atoms. The third-order valence-electron chi connectivity index (χ3n) is 8.58. The van der Waals surface area contributed by atoms with Crippen molar-refractivity contribution < 1.29 is 4.74 Å². The van der Waals surface area contributed by atoms with E-state index in [-0.39, 0.29) is 6.10 Å². The average Bonchev–Trinajstić information content (AvgIpc) is 3.22. The number of nitrogens with zero attached hydrogens (tertiary/aromatic N) is 3. The Morgan fingerprint density at radius 1 is 0.939 bits per heavy atom. The van der Waals surface area contributed by atoms with E-state index in [1.54, 1.807) is 0 Å². The van der Waals surface area contributed by atoms with Crippen LogP contribution in [0.3, 0.4) is 0 Å². The predicted octanol–water partition coefficient (Wildman–Crippen LogP) is 5.30. The molecule has 2 aromatic carbocycles. The summed E-state index contributed by atoms with van der Waals surface area (Å²) in [4.78, 5) is 9.93. The summed E-state index contributed by atoms with van der Waals surface area (Å²) in [6.07, 6.45) is 6.02. The molecular weight excluding hydrogens is 406 g/mol. The van der Waals surface area contributed by atoms with Crippen LogP contribution in [0.15, 0.2) is 66.9 Å². The normalized spacial score (nSPS) is 31.0. The first-order valence-corrected chi connectivity index (χ1v) is 12.6. The van der Waals surface area contributed by atoms with Gasteiger partial charge in [0.05, 0.1) is 18.2 Å². The van der Waals surface area contributed by atoms with Crippen LogP contribution in [-0.2, 0) is 11.3 Å². The zero-order chi connectivity index (χ0) is 22.3. The Balaban J connectivity index is 1.07. The molecule has 0 unspecified atom stereocenters. The second kappa shape index (κ2) is 8.83. The second-order valence-electron chi connectivity index (χ2n) is 10.7. The molecule has 2 saturated heterocycles. The van der Waals surface area contributed by atoms with E-state index in [0.29, 0.717) is 11.5 Å². The summed E-state index contributed by atoms with van der Waals surface area (Å²) in [5.41, 5.74) is 4.19. The van der Waals surface area contributed by atoms with Crippen molar-refractivity contribution in [1.29, 1.82) is 0 Å². The molecule has 4 heteroatoms. The summed E-state index contributed by atoms with van der Waals surface area (Å²) >= 11 is 0. The molecule has 1 aromatic heterocycles. The van der Waals surface area contributed by atoms with Gasteiger partial charge in [-0.2, -0.15) is 0 Å². The minimum atomic E-state index is 0.273. The molecule has 0 amide bonds. The number of pyridine rings is 1.